The fourth-order valence-electron chi connectivity index (χ4n) is 3.35. The Morgan fingerprint density at radius 3 is 2.79 bits per heavy atom. The maximum Gasteiger partial charge on any atom is 0.416 e. The van der Waals surface area contributed by atoms with Crippen molar-refractivity contribution in [3.05, 3.63) is 35.4 Å². The van der Waals surface area contributed by atoms with Crippen molar-refractivity contribution in [1.29, 1.82) is 0 Å². The summed E-state index contributed by atoms with van der Waals surface area (Å²) in [4.78, 5) is 8.81. The lowest BCUT2D eigenvalue weighted by molar-refractivity contribution is -0.137. The van der Waals surface area contributed by atoms with Gasteiger partial charge in [-0.1, -0.05) is 24.8 Å². The van der Waals surface area contributed by atoms with Crippen LogP contribution in [-0.2, 0) is 6.18 Å². The third kappa shape index (κ3) is 7.17. The van der Waals surface area contributed by atoms with Crippen LogP contribution in [0.2, 0.25) is 0 Å². The molecule has 2 rings (SSSR count). The number of nitrogens with one attached hydrogen (secondary N) is 1. The summed E-state index contributed by atoms with van der Waals surface area (Å²) in [5.41, 5.74) is -0.339. The maximum absolute atomic E-state index is 12.7. The van der Waals surface area contributed by atoms with Gasteiger partial charge < -0.3 is 10.2 Å². The fraction of sp³-hybridized carbons (Fsp3) is 0.550. The minimum absolute atomic E-state index is 0. The number of benzene rings is 1. The molecule has 1 N–H and O–H groups in total. The highest BCUT2D eigenvalue weighted by molar-refractivity contribution is 14.0. The van der Waals surface area contributed by atoms with Crippen molar-refractivity contribution in [2.24, 2.45) is 4.99 Å². The number of aliphatic imine (C=N–C) groups is 1. The molecule has 1 heterocycles. The summed E-state index contributed by atoms with van der Waals surface area (Å²) in [6, 6.07) is 5.57. The predicted octanol–water partition coefficient (Wildman–Crippen LogP) is 3.67. The van der Waals surface area contributed by atoms with Crippen molar-refractivity contribution in [3.8, 4) is 11.8 Å². The lowest BCUT2D eigenvalue weighted by Gasteiger charge is -2.29. The Bertz CT molecular complexity index is 709. The number of rotatable bonds is 4. The Labute approximate surface area is 182 Å². The van der Waals surface area contributed by atoms with Gasteiger partial charge in [0.15, 0.2) is 5.96 Å². The normalized spacial score (nSPS) is 17.5. The van der Waals surface area contributed by atoms with Crippen LogP contribution in [0.5, 0.6) is 0 Å². The van der Waals surface area contributed by atoms with Crippen LogP contribution in [-0.4, -0.2) is 62.1 Å². The van der Waals surface area contributed by atoms with Crippen molar-refractivity contribution in [1.82, 2.24) is 15.1 Å². The van der Waals surface area contributed by atoms with Gasteiger partial charge in [-0.3, -0.25) is 9.89 Å². The molecule has 1 unspecified atom stereocenters. The molecule has 1 aromatic carbocycles. The van der Waals surface area contributed by atoms with Crippen molar-refractivity contribution in [2.45, 2.75) is 32.0 Å². The minimum atomic E-state index is -4.35. The summed E-state index contributed by atoms with van der Waals surface area (Å²) in [5, 5.41) is 3.15. The first-order chi connectivity index (χ1) is 12.8. The summed E-state index contributed by atoms with van der Waals surface area (Å²) >= 11 is 0. The van der Waals surface area contributed by atoms with Gasteiger partial charge >= 0.3 is 6.18 Å². The van der Waals surface area contributed by atoms with Gasteiger partial charge in [-0.05, 0) is 44.1 Å². The van der Waals surface area contributed by atoms with E-state index in [1.807, 2.05) is 7.05 Å². The Hall–Kier alpha value is -1.47. The first-order valence-corrected chi connectivity index (χ1v) is 9.17. The first-order valence-electron chi connectivity index (χ1n) is 9.17. The van der Waals surface area contributed by atoms with Crippen LogP contribution in [0.4, 0.5) is 13.2 Å². The fourth-order valence-corrected chi connectivity index (χ4v) is 3.35. The molecule has 1 fully saturated rings. The van der Waals surface area contributed by atoms with Crippen LogP contribution in [0.1, 0.15) is 30.9 Å². The molecule has 0 saturated carbocycles. The van der Waals surface area contributed by atoms with Crippen LogP contribution < -0.4 is 5.32 Å². The number of halogens is 4. The Kier molecular flexibility index (Phi) is 10.1. The number of likely N-dealkylation sites (N-methyl/N-ethyl adjacent to an activating group) is 2. The molecule has 0 bridgehead atoms. The molecule has 8 heteroatoms. The van der Waals surface area contributed by atoms with Gasteiger partial charge in [-0.15, -0.1) is 24.0 Å². The van der Waals surface area contributed by atoms with E-state index in [1.165, 1.54) is 18.9 Å². The van der Waals surface area contributed by atoms with Crippen molar-refractivity contribution in [3.63, 3.8) is 0 Å². The van der Waals surface area contributed by atoms with Crippen LogP contribution >= 0.6 is 24.0 Å². The Morgan fingerprint density at radius 2 is 2.14 bits per heavy atom. The van der Waals surface area contributed by atoms with E-state index in [-0.39, 0.29) is 24.0 Å². The van der Waals surface area contributed by atoms with E-state index in [2.05, 4.69) is 38.9 Å². The highest BCUT2D eigenvalue weighted by Gasteiger charge is 2.30. The van der Waals surface area contributed by atoms with Gasteiger partial charge in [0, 0.05) is 32.2 Å². The highest BCUT2D eigenvalue weighted by atomic mass is 127. The first kappa shape index (κ1) is 24.6. The average molecular weight is 508 g/mol. The number of nitrogens with zero attached hydrogens (tertiary/aromatic N) is 3. The topological polar surface area (TPSA) is 30.9 Å². The molecule has 0 radical (unpaired) electrons. The van der Waals surface area contributed by atoms with Crippen molar-refractivity contribution in [2.75, 3.05) is 40.3 Å². The third-order valence-electron chi connectivity index (χ3n) is 4.72. The van der Waals surface area contributed by atoms with Crippen LogP contribution in [0.3, 0.4) is 0 Å². The monoisotopic (exact) mass is 508 g/mol. The van der Waals surface area contributed by atoms with Gasteiger partial charge in [0.05, 0.1) is 12.1 Å². The molecule has 156 valence electrons. The van der Waals surface area contributed by atoms with Crippen LogP contribution in [0, 0.1) is 11.8 Å². The zero-order valence-corrected chi connectivity index (χ0v) is 18.8. The second-order valence-corrected chi connectivity index (χ2v) is 6.59. The SMILES string of the molecule is CCN1CCCC1CN(C)C(=NC)NCC#Cc1cccc(C(F)(F)F)c1.I. The molecular formula is C20H28F3IN4. The molecule has 0 amide bonds. The molecule has 0 aromatic heterocycles. The second-order valence-electron chi connectivity index (χ2n) is 6.59. The molecule has 1 aromatic rings. The van der Waals surface area contributed by atoms with Crippen molar-refractivity contribution >= 4 is 29.9 Å². The number of guanidine groups is 1. The van der Waals surface area contributed by atoms with Crippen LogP contribution in [0.25, 0.3) is 0 Å². The molecule has 1 aliphatic rings. The molecular weight excluding hydrogens is 480 g/mol. The van der Waals surface area contributed by atoms with Crippen LogP contribution in [0.15, 0.2) is 29.3 Å². The lowest BCUT2D eigenvalue weighted by Crippen LogP contribution is -2.46. The van der Waals surface area contributed by atoms with Gasteiger partial charge in [0.1, 0.15) is 0 Å². The summed E-state index contributed by atoms with van der Waals surface area (Å²) in [6.45, 7) is 5.56. The summed E-state index contributed by atoms with van der Waals surface area (Å²) < 4.78 is 38.2. The lowest BCUT2D eigenvalue weighted by atomic mass is 10.1. The number of hydrogen-bond donors (Lipinski definition) is 1. The zero-order chi connectivity index (χ0) is 19.9. The van der Waals surface area contributed by atoms with Gasteiger partial charge in [0.2, 0.25) is 0 Å². The number of alkyl halides is 3. The van der Waals surface area contributed by atoms with E-state index >= 15 is 0 Å². The van der Waals surface area contributed by atoms with Gasteiger partial charge in [-0.2, -0.15) is 13.2 Å². The average Bonchev–Trinajstić information content (AvgIpc) is 3.08. The Balaban J connectivity index is 0.00000392. The molecule has 1 saturated heterocycles. The summed E-state index contributed by atoms with van der Waals surface area (Å²) in [7, 11) is 3.70. The van der Waals surface area contributed by atoms with Gasteiger partial charge in [0.25, 0.3) is 0 Å². The number of likely N-dealkylation sites (tertiary alicyclic amines) is 1. The Morgan fingerprint density at radius 1 is 1.39 bits per heavy atom. The van der Waals surface area contributed by atoms with E-state index in [9.17, 15) is 13.2 Å². The second kappa shape index (κ2) is 11.5. The number of hydrogen-bond acceptors (Lipinski definition) is 2. The van der Waals surface area contributed by atoms with E-state index in [1.54, 1.807) is 13.1 Å². The van der Waals surface area contributed by atoms with E-state index in [0.29, 0.717) is 18.2 Å². The molecule has 28 heavy (non-hydrogen) atoms. The molecule has 0 spiro atoms. The molecule has 1 aliphatic heterocycles. The van der Waals surface area contributed by atoms with E-state index in [0.717, 1.165) is 37.7 Å². The zero-order valence-electron chi connectivity index (χ0n) is 16.5. The molecule has 1 atom stereocenters. The maximum atomic E-state index is 12.7. The van der Waals surface area contributed by atoms with Gasteiger partial charge in [-0.25, -0.2) is 0 Å². The molecule has 4 nitrogen and oxygen atoms in total. The van der Waals surface area contributed by atoms with Crippen molar-refractivity contribution < 1.29 is 13.2 Å². The quantitative estimate of drug-likeness (QED) is 0.292. The van der Waals surface area contributed by atoms with E-state index in [4.69, 9.17) is 0 Å². The minimum Gasteiger partial charge on any atom is -0.345 e. The smallest absolute Gasteiger partial charge is 0.345 e. The summed E-state index contributed by atoms with van der Waals surface area (Å²) in [6.07, 6.45) is -1.95. The highest BCUT2D eigenvalue weighted by Crippen LogP contribution is 2.29. The summed E-state index contributed by atoms with van der Waals surface area (Å²) in [5.74, 6) is 6.37. The molecule has 0 aliphatic carbocycles. The van der Waals surface area contributed by atoms with E-state index < -0.39 is 11.7 Å². The largest absolute Gasteiger partial charge is 0.416 e. The standard InChI is InChI=1S/C20H27F3N4.HI/c1-4-27-13-7-11-18(27)15-26(3)19(24-2)25-12-6-9-16-8-5-10-17(14-16)20(21,22)23;/h5,8,10,14,18H,4,7,11-13,15H2,1-3H3,(H,24,25);1H. The third-order valence-corrected chi connectivity index (χ3v) is 4.72. The predicted molar refractivity (Wildman–Crippen MR) is 118 cm³/mol.